The van der Waals surface area contributed by atoms with Crippen molar-refractivity contribution in [3.8, 4) is 0 Å². The van der Waals surface area contributed by atoms with Crippen LogP contribution in [-0.4, -0.2) is 16.0 Å². The Labute approximate surface area is 118 Å². The number of rotatable bonds is 2. The van der Waals surface area contributed by atoms with Gasteiger partial charge in [0.05, 0.1) is 0 Å². The largest absolute Gasteiger partial charge is 0.323 e. The number of hydrazine groups is 1. The van der Waals surface area contributed by atoms with Gasteiger partial charge in [0, 0.05) is 17.3 Å². The fraction of sp³-hybridized carbons (Fsp3) is 0.333. The number of nitrogens with one attached hydrogen (secondary N) is 1. The number of aromatic nitrogens is 2. The zero-order valence-electron chi connectivity index (χ0n) is 12.0. The first-order chi connectivity index (χ1) is 9.61. The van der Waals surface area contributed by atoms with Crippen molar-refractivity contribution in [1.29, 1.82) is 0 Å². The van der Waals surface area contributed by atoms with E-state index in [-0.39, 0.29) is 0 Å². The van der Waals surface area contributed by atoms with Gasteiger partial charge in [-0.3, -0.25) is 0 Å². The Hall–Kier alpha value is -2.14. The molecule has 0 aliphatic carbocycles. The molecule has 1 atom stereocenters. The van der Waals surface area contributed by atoms with Crippen molar-refractivity contribution in [3.63, 3.8) is 0 Å². The molecule has 2 aromatic rings. The van der Waals surface area contributed by atoms with Crippen molar-refractivity contribution in [2.75, 3.05) is 10.3 Å². The van der Waals surface area contributed by atoms with Crippen LogP contribution in [0.5, 0.6) is 0 Å². The second-order valence-corrected chi connectivity index (χ2v) is 5.26. The fourth-order valence-electron chi connectivity index (χ4n) is 2.88. The van der Waals surface area contributed by atoms with E-state index in [0.29, 0.717) is 11.9 Å². The maximum absolute atomic E-state index is 5.56. The average molecular weight is 269 g/mol. The summed E-state index contributed by atoms with van der Waals surface area (Å²) in [4.78, 5) is 11.2. The number of nitrogen functional groups attached to an aromatic ring is 1. The third-order valence-corrected chi connectivity index (χ3v) is 3.80. The summed E-state index contributed by atoms with van der Waals surface area (Å²) in [7, 11) is 0. The van der Waals surface area contributed by atoms with Crippen molar-refractivity contribution in [2.45, 2.75) is 33.2 Å². The van der Waals surface area contributed by atoms with E-state index >= 15 is 0 Å². The number of fused-ring (bicyclic) bond motifs is 1. The molecule has 1 aliphatic heterocycles. The van der Waals surface area contributed by atoms with Gasteiger partial charge < -0.3 is 10.3 Å². The first-order valence-electron chi connectivity index (χ1n) is 6.81. The van der Waals surface area contributed by atoms with Gasteiger partial charge in [0.1, 0.15) is 17.5 Å². The first-order valence-corrected chi connectivity index (χ1v) is 6.81. The zero-order valence-corrected chi connectivity index (χ0v) is 12.0. The lowest BCUT2D eigenvalue weighted by Gasteiger charge is -2.26. The fourth-order valence-corrected chi connectivity index (χ4v) is 2.88. The maximum atomic E-state index is 5.56. The molecule has 0 fully saturated rings. The van der Waals surface area contributed by atoms with Crippen LogP contribution in [-0.2, 0) is 6.42 Å². The highest BCUT2D eigenvalue weighted by molar-refractivity contribution is 5.73. The van der Waals surface area contributed by atoms with Gasteiger partial charge in [0.2, 0.25) is 0 Å². The molecular formula is C15H19N5. The van der Waals surface area contributed by atoms with Gasteiger partial charge in [0.25, 0.3) is 0 Å². The number of benzene rings is 1. The number of nitrogens with zero attached hydrogens (tertiary/aromatic N) is 3. The van der Waals surface area contributed by atoms with Crippen LogP contribution in [0.2, 0.25) is 0 Å². The maximum Gasteiger partial charge on any atom is 0.148 e. The summed E-state index contributed by atoms with van der Waals surface area (Å²) in [6.07, 6.45) is 1.03. The summed E-state index contributed by atoms with van der Waals surface area (Å²) in [5.41, 5.74) is 6.22. The Bertz CT molecular complexity index is 653. The van der Waals surface area contributed by atoms with E-state index in [9.17, 15) is 0 Å². The van der Waals surface area contributed by atoms with Crippen LogP contribution in [0.25, 0.3) is 0 Å². The quantitative estimate of drug-likeness (QED) is 0.647. The summed E-state index contributed by atoms with van der Waals surface area (Å²) >= 11 is 0. The predicted octanol–water partition coefficient (Wildman–Crippen LogP) is 2.46. The molecule has 1 aliphatic rings. The molecule has 0 amide bonds. The van der Waals surface area contributed by atoms with Gasteiger partial charge in [-0.1, -0.05) is 18.2 Å². The van der Waals surface area contributed by atoms with Crippen LogP contribution in [0.3, 0.4) is 0 Å². The molecule has 0 saturated heterocycles. The minimum Gasteiger partial charge on any atom is -0.323 e. The standard InChI is InChI=1S/C15H19N5/c1-9-8-12-6-4-5-7-13(12)20(9)15-10(2)14(19-16)17-11(3)18-15/h4-7,9H,8,16H2,1-3H3,(H,17,18,19). The van der Waals surface area contributed by atoms with Gasteiger partial charge >= 0.3 is 0 Å². The van der Waals surface area contributed by atoms with Gasteiger partial charge in [-0.2, -0.15) is 0 Å². The first kappa shape index (κ1) is 12.9. The summed E-state index contributed by atoms with van der Waals surface area (Å²) in [6, 6.07) is 8.85. The van der Waals surface area contributed by atoms with Crippen molar-refractivity contribution in [2.24, 2.45) is 5.84 Å². The van der Waals surface area contributed by atoms with Crippen LogP contribution < -0.4 is 16.2 Å². The molecule has 0 spiro atoms. The summed E-state index contributed by atoms with van der Waals surface area (Å²) in [6.45, 7) is 6.10. The number of aryl methyl sites for hydroxylation is 1. The molecule has 2 heterocycles. The molecule has 20 heavy (non-hydrogen) atoms. The van der Waals surface area contributed by atoms with Crippen molar-refractivity contribution in [1.82, 2.24) is 9.97 Å². The van der Waals surface area contributed by atoms with E-state index in [1.807, 2.05) is 13.8 Å². The Kier molecular flexibility index (Phi) is 3.06. The minimum atomic E-state index is 0.381. The third-order valence-electron chi connectivity index (χ3n) is 3.80. The molecule has 5 nitrogen and oxygen atoms in total. The Morgan fingerprint density at radius 3 is 2.75 bits per heavy atom. The van der Waals surface area contributed by atoms with Crippen LogP contribution >= 0.6 is 0 Å². The number of hydrogen-bond donors (Lipinski definition) is 2. The van der Waals surface area contributed by atoms with Gasteiger partial charge in [0.15, 0.2) is 0 Å². The van der Waals surface area contributed by atoms with E-state index in [4.69, 9.17) is 5.84 Å². The van der Waals surface area contributed by atoms with E-state index in [0.717, 1.165) is 23.6 Å². The van der Waals surface area contributed by atoms with Crippen LogP contribution in [0, 0.1) is 13.8 Å². The highest BCUT2D eigenvalue weighted by Gasteiger charge is 2.29. The van der Waals surface area contributed by atoms with Gasteiger partial charge in [-0.05, 0) is 38.8 Å². The smallest absolute Gasteiger partial charge is 0.148 e. The van der Waals surface area contributed by atoms with E-state index in [1.54, 1.807) is 0 Å². The summed E-state index contributed by atoms with van der Waals surface area (Å²) in [5, 5.41) is 0. The summed E-state index contributed by atoms with van der Waals surface area (Å²) in [5.74, 6) is 7.89. The Morgan fingerprint density at radius 1 is 1.25 bits per heavy atom. The second-order valence-electron chi connectivity index (χ2n) is 5.26. The van der Waals surface area contributed by atoms with Crippen LogP contribution in [0.4, 0.5) is 17.3 Å². The molecule has 5 heteroatoms. The Balaban J connectivity index is 2.16. The molecule has 104 valence electrons. The van der Waals surface area contributed by atoms with E-state index in [2.05, 4.69) is 51.5 Å². The number of para-hydroxylation sites is 1. The lowest BCUT2D eigenvalue weighted by atomic mass is 10.1. The Morgan fingerprint density at radius 2 is 2.00 bits per heavy atom. The van der Waals surface area contributed by atoms with Crippen molar-refractivity contribution < 1.29 is 0 Å². The number of hydrogen-bond acceptors (Lipinski definition) is 5. The van der Waals surface area contributed by atoms with Crippen molar-refractivity contribution in [3.05, 3.63) is 41.2 Å². The molecule has 1 unspecified atom stereocenters. The van der Waals surface area contributed by atoms with Crippen molar-refractivity contribution >= 4 is 17.3 Å². The minimum absolute atomic E-state index is 0.381. The van der Waals surface area contributed by atoms with Gasteiger partial charge in [-0.15, -0.1) is 0 Å². The lowest BCUT2D eigenvalue weighted by Crippen LogP contribution is -2.27. The molecule has 1 aromatic heterocycles. The normalized spacial score (nSPS) is 17.2. The highest BCUT2D eigenvalue weighted by Crippen LogP contribution is 2.39. The van der Waals surface area contributed by atoms with Crippen LogP contribution in [0.15, 0.2) is 24.3 Å². The molecule has 0 bridgehead atoms. The molecule has 0 saturated carbocycles. The molecule has 3 N–H and O–H groups in total. The SMILES string of the molecule is Cc1nc(NN)c(C)c(N2c3ccccc3CC2C)n1. The average Bonchev–Trinajstić information content (AvgIpc) is 2.77. The molecule has 3 rings (SSSR count). The third kappa shape index (κ3) is 1.91. The number of anilines is 3. The van der Waals surface area contributed by atoms with Crippen LogP contribution in [0.1, 0.15) is 23.9 Å². The summed E-state index contributed by atoms with van der Waals surface area (Å²) < 4.78 is 0. The van der Waals surface area contributed by atoms with Gasteiger partial charge in [-0.25, -0.2) is 15.8 Å². The number of nitrogens with two attached hydrogens (primary N) is 1. The second kappa shape index (κ2) is 4.76. The molecule has 1 aromatic carbocycles. The predicted molar refractivity (Wildman–Crippen MR) is 81.1 cm³/mol. The topological polar surface area (TPSA) is 67.1 Å². The monoisotopic (exact) mass is 269 g/mol. The zero-order chi connectivity index (χ0) is 14.3. The molecule has 0 radical (unpaired) electrons. The van der Waals surface area contributed by atoms with E-state index in [1.165, 1.54) is 11.3 Å². The highest BCUT2D eigenvalue weighted by atomic mass is 15.3. The lowest BCUT2D eigenvalue weighted by molar-refractivity contribution is 0.744. The molecular weight excluding hydrogens is 250 g/mol. The van der Waals surface area contributed by atoms with E-state index < -0.39 is 0 Å².